The van der Waals surface area contributed by atoms with Crippen LogP contribution in [0.3, 0.4) is 0 Å². The van der Waals surface area contributed by atoms with Gasteiger partial charge >= 0.3 is 11.9 Å². The molecule has 0 aliphatic heterocycles. The molecule has 10 heteroatoms. The van der Waals surface area contributed by atoms with E-state index < -0.39 is 23.8 Å². The number of anilines is 2. The van der Waals surface area contributed by atoms with Crippen molar-refractivity contribution in [2.75, 3.05) is 18.1 Å². The van der Waals surface area contributed by atoms with E-state index in [1.807, 2.05) is 72.9 Å². The first-order valence-corrected chi connectivity index (χ1v) is 17.5. The van der Waals surface area contributed by atoms with Gasteiger partial charge in [-0.2, -0.15) is 0 Å². The minimum atomic E-state index is -0.987. The van der Waals surface area contributed by atoms with Crippen molar-refractivity contribution in [1.29, 1.82) is 0 Å². The molecule has 0 saturated heterocycles. The number of imidazole rings is 2. The van der Waals surface area contributed by atoms with Gasteiger partial charge in [0.1, 0.15) is 11.6 Å². The molecule has 2 aromatic heterocycles. The molecule has 5 aromatic rings. The van der Waals surface area contributed by atoms with Crippen LogP contribution in [0.4, 0.5) is 11.4 Å². The Morgan fingerprint density at radius 2 is 1.02 bits per heavy atom. The standard InChI is InChI=1S/C20H20N4.C7H10N2.C6H8O4.3C2H6/c1-23-17-9-5-3-7-15(17)21-19(23)13-11-12-14(13)20-22-16-8-4-6-10-18(16)24(20)2;1-9-7-5-3-2-4-6(7)8;7-5(8)3-1-2-4(3)6(9)10;3*1-2/h3-10,13-14H,11-12H2,1-2H3;2-5,9H,8H2,1H3;3-4H,1-2H2,(H,7,8)(H,9,10);3*1-2H3. The van der Waals surface area contributed by atoms with Gasteiger partial charge in [0.05, 0.1) is 45.3 Å². The molecule has 2 fully saturated rings. The molecule has 266 valence electrons. The number of aliphatic carboxylic acids is 2. The Bertz CT molecular complexity index is 1660. The SMILES string of the molecule is CC.CC.CC.CNc1ccccc1N.Cn1c(C2CCC2c2nc3ccccc3n2C)nc2ccccc21.O=C(O)C1CCC1C(=O)O. The van der Waals surface area contributed by atoms with Gasteiger partial charge in [0, 0.05) is 33.0 Å². The van der Waals surface area contributed by atoms with E-state index in [9.17, 15) is 9.59 Å². The third kappa shape index (κ3) is 9.40. The Kier molecular flexibility index (Phi) is 16.3. The smallest absolute Gasteiger partial charge is 0.307 e. The molecule has 0 radical (unpaired) electrons. The van der Waals surface area contributed by atoms with E-state index in [0.717, 1.165) is 22.4 Å². The lowest BCUT2D eigenvalue weighted by Gasteiger charge is -2.35. The number of carbonyl (C=O) groups is 2. The maximum Gasteiger partial charge on any atom is 0.307 e. The maximum absolute atomic E-state index is 10.2. The summed E-state index contributed by atoms with van der Waals surface area (Å²) in [4.78, 5) is 30.3. The zero-order chi connectivity index (χ0) is 36.7. The number of fused-ring (bicyclic) bond motifs is 2. The fourth-order valence-electron chi connectivity index (χ4n) is 5.93. The van der Waals surface area contributed by atoms with Crippen LogP contribution in [0.1, 0.15) is 90.7 Å². The third-order valence-corrected chi connectivity index (χ3v) is 8.72. The van der Waals surface area contributed by atoms with Gasteiger partial charge in [-0.25, -0.2) is 9.97 Å². The average Bonchev–Trinajstić information content (AvgIpc) is 3.59. The zero-order valence-electron chi connectivity index (χ0n) is 30.6. The highest BCUT2D eigenvalue weighted by atomic mass is 16.4. The molecule has 4 unspecified atom stereocenters. The number of para-hydroxylation sites is 6. The van der Waals surface area contributed by atoms with E-state index in [1.165, 1.54) is 35.5 Å². The molecule has 3 aromatic carbocycles. The number of hydrogen-bond acceptors (Lipinski definition) is 6. The van der Waals surface area contributed by atoms with E-state index >= 15 is 0 Å². The molecule has 10 nitrogen and oxygen atoms in total. The van der Waals surface area contributed by atoms with Gasteiger partial charge in [-0.15, -0.1) is 0 Å². The van der Waals surface area contributed by atoms with Crippen LogP contribution in [0.5, 0.6) is 0 Å². The molecule has 2 heterocycles. The van der Waals surface area contributed by atoms with Crippen molar-refractivity contribution in [1.82, 2.24) is 19.1 Å². The van der Waals surface area contributed by atoms with E-state index in [2.05, 4.69) is 77.1 Å². The van der Waals surface area contributed by atoms with Crippen LogP contribution in [0.15, 0.2) is 72.8 Å². The Balaban J connectivity index is 0.000000278. The van der Waals surface area contributed by atoms with Crippen LogP contribution in [-0.2, 0) is 23.7 Å². The first-order valence-electron chi connectivity index (χ1n) is 17.5. The summed E-state index contributed by atoms with van der Waals surface area (Å²) < 4.78 is 4.52. The zero-order valence-corrected chi connectivity index (χ0v) is 30.6. The van der Waals surface area contributed by atoms with Crippen LogP contribution in [0.25, 0.3) is 22.1 Å². The molecular weight excluding hydrogens is 616 g/mol. The second-order valence-corrected chi connectivity index (χ2v) is 11.1. The minimum Gasteiger partial charge on any atom is -0.481 e. The highest BCUT2D eigenvalue weighted by Crippen LogP contribution is 2.49. The Labute approximate surface area is 291 Å². The van der Waals surface area contributed by atoms with Crippen molar-refractivity contribution >= 4 is 45.4 Å². The Morgan fingerprint density at radius 3 is 1.31 bits per heavy atom. The number of nitrogens with two attached hydrogens (primary N) is 1. The minimum absolute atomic E-state index is 0.456. The highest BCUT2D eigenvalue weighted by Gasteiger charge is 2.41. The lowest BCUT2D eigenvalue weighted by Crippen LogP contribution is -2.37. The summed E-state index contributed by atoms with van der Waals surface area (Å²) in [6.45, 7) is 12.0. The van der Waals surface area contributed by atoms with E-state index in [-0.39, 0.29) is 0 Å². The summed E-state index contributed by atoms with van der Waals surface area (Å²) in [5.74, 6) is 0.0436. The molecule has 2 aliphatic carbocycles. The van der Waals surface area contributed by atoms with Gasteiger partial charge in [-0.05, 0) is 62.1 Å². The number of nitrogens with one attached hydrogen (secondary N) is 1. The first kappa shape index (κ1) is 40.3. The van der Waals surface area contributed by atoms with E-state index in [0.29, 0.717) is 24.7 Å². The van der Waals surface area contributed by atoms with Gasteiger partial charge in [-0.3, -0.25) is 9.59 Å². The first-order chi connectivity index (χ1) is 23.7. The summed E-state index contributed by atoms with van der Waals surface area (Å²) in [5.41, 5.74) is 11.9. The van der Waals surface area contributed by atoms with Crippen LogP contribution in [-0.4, -0.2) is 48.3 Å². The van der Waals surface area contributed by atoms with Crippen molar-refractivity contribution in [3.05, 3.63) is 84.4 Å². The second kappa shape index (κ2) is 19.8. The number of carboxylic acids is 2. The lowest BCUT2D eigenvalue weighted by atomic mass is 9.72. The Morgan fingerprint density at radius 1 is 0.653 bits per heavy atom. The van der Waals surface area contributed by atoms with Crippen LogP contribution >= 0.6 is 0 Å². The van der Waals surface area contributed by atoms with Gasteiger partial charge in [-0.1, -0.05) is 77.9 Å². The largest absolute Gasteiger partial charge is 0.481 e. The van der Waals surface area contributed by atoms with Crippen molar-refractivity contribution in [2.24, 2.45) is 25.9 Å². The second-order valence-electron chi connectivity index (χ2n) is 11.1. The van der Waals surface area contributed by atoms with Crippen LogP contribution < -0.4 is 11.1 Å². The predicted molar refractivity (Wildman–Crippen MR) is 202 cm³/mol. The lowest BCUT2D eigenvalue weighted by molar-refractivity contribution is -0.160. The van der Waals surface area contributed by atoms with Crippen LogP contribution in [0.2, 0.25) is 0 Å². The summed E-state index contributed by atoms with van der Waals surface area (Å²) in [6, 6.07) is 24.4. The van der Waals surface area contributed by atoms with Gasteiger partial charge < -0.3 is 30.4 Å². The van der Waals surface area contributed by atoms with E-state index in [4.69, 9.17) is 25.9 Å². The quantitative estimate of drug-likeness (QED) is 0.136. The number of nitrogens with zero attached hydrogens (tertiary/aromatic N) is 4. The fourth-order valence-corrected chi connectivity index (χ4v) is 5.93. The number of benzene rings is 3. The fraction of sp³-hybridized carbons (Fsp3) is 0.436. The summed E-state index contributed by atoms with van der Waals surface area (Å²) in [6.07, 6.45) is 3.38. The van der Waals surface area contributed by atoms with E-state index in [1.54, 1.807) is 0 Å². The molecule has 0 amide bonds. The van der Waals surface area contributed by atoms with Crippen molar-refractivity contribution in [2.45, 2.75) is 79.1 Å². The maximum atomic E-state index is 10.2. The molecule has 5 N–H and O–H groups in total. The van der Waals surface area contributed by atoms with Gasteiger partial charge in [0.25, 0.3) is 0 Å². The molecule has 2 aliphatic rings. The number of carboxylic acid groups (broad SMARTS) is 2. The van der Waals surface area contributed by atoms with Crippen molar-refractivity contribution in [3.63, 3.8) is 0 Å². The molecule has 7 rings (SSSR count). The van der Waals surface area contributed by atoms with Gasteiger partial charge in [0.15, 0.2) is 0 Å². The number of nitrogen functional groups attached to an aromatic ring is 1. The monoisotopic (exact) mass is 672 g/mol. The summed E-state index contributed by atoms with van der Waals surface area (Å²) in [7, 11) is 6.12. The van der Waals surface area contributed by atoms with Crippen molar-refractivity contribution < 1.29 is 19.8 Å². The average molecular weight is 673 g/mol. The van der Waals surface area contributed by atoms with Crippen LogP contribution in [0, 0.1) is 11.8 Å². The molecule has 0 spiro atoms. The van der Waals surface area contributed by atoms with Crippen molar-refractivity contribution in [3.8, 4) is 0 Å². The third-order valence-electron chi connectivity index (χ3n) is 8.72. The number of rotatable bonds is 5. The number of aromatic nitrogens is 4. The Hall–Kier alpha value is -4.86. The number of aryl methyl sites for hydroxylation is 2. The normalized spacial score (nSPS) is 18.4. The molecule has 0 bridgehead atoms. The summed E-state index contributed by atoms with van der Waals surface area (Å²) >= 11 is 0. The topological polar surface area (TPSA) is 148 Å². The highest BCUT2D eigenvalue weighted by molar-refractivity contribution is 5.81. The molecular formula is C39H56N6O4. The van der Waals surface area contributed by atoms with Gasteiger partial charge in [0.2, 0.25) is 0 Å². The number of hydrogen-bond donors (Lipinski definition) is 4. The summed E-state index contributed by atoms with van der Waals surface area (Å²) in [5, 5.41) is 19.7. The predicted octanol–water partition coefficient (Wildman–Crippen LogP) is 8.69. The molecule has 4 atom stereocenters. The molecule has 2 saturated carbocycles. The molecule has 49 heavy (non-hydrogen) atoms.